The van der Waals surface area contributed by atoms with Gasteiger partial charge in [-0.15, -0.1) is 67.9 Å². The monoisotopic (exact) mass is 806 g/mol. The van der Waals surface area contributed by atoms with Gasteiger partial charge in [-0.05, 0) is 74.2 Å². The van der Waals surface area contributed by atoms with Crippen molar-refractivity contribution >= 4 is 91.7 Å². The summed E-state index contributed by atoms with van der Waals surface area (Å²) < 4.78 is 0. The molecule has 2 aromatic heterocycles. The maximum atomic E-state index is 4.76. The van der Waals surface area contributed by atoms with Gasteiger partial charge < -0.3 is 0 Å². The molecule has 0 fully saturated rings. The minimum atomic E-state index is 0. The number of rotatable bonds is 6. The first kappa shape index (κ1) is 40.9. The maximum Gasteiger partial charge on any atom is 0.0690 e. The molecule has 0 radical (unpaired) electrons. The molecule has 2 heterocycles. The van der Waals surface area contributed by atoms with Gasteiger partial charge in [-0.2, -0.15) is 0 Å². The minimum Gasteiger partial charge on any atom is -0.261 e. The molecule has 3 aromatic rings. The van der Waals surface area contributed by atoms with Crippen LogP contribution in [-0.4, -0.2) is 22.4 Å². The number of hydrogen-bond acceptors (Lipinski definition) is 4. The minimum absolute atomic E-state index is 0. The zero-order chi connectivity index (χ0) is 19.9. The molecule has 0 saturated carbocycles. The molecular formula is C24H30Br4N4Ni2. The average Bonchev–Trinajstić information content (AvgIpc) is 2.73. The fourth-order valence-electron chi connectivity index (χ4n) is 3.16. The number of halogens is 4. The molecule has 0 N–H and O–H groups in total. The Kier molecular flexibility index (Phi) is 25.2. The summed E-state index contributed by atoms with van der Waals surface area (Å²) in [6.07, 6.45) is 8.96. The van der Waals surface area contributed by atoms with Crippen molar-refractivity contribution in [1.82, 2.24) is 9.97 Å². The van der Waals surface area contributed by atoms with Crippen LogP contribution in [0, 0.1) is 27.7 Å². The predicted molar refractivity (Wildman–Crippen MR) is 159 cm³/mol. The third-order valence-electron chi connectivity index (χ3n) is 5.04. The Hall–Kier alpha value is -0.233. The second-order valence-corrected chi connectivity index (χ2v) is 6.87. The topological polar surface area (TPSA) is 50.5 Å². The third-order valence-corrected chi connectivity index (χ3v) is 5.04. The Balaban J connectivity index is -0.000000750. The fourth-order valence-corrected chi connectivity index (χ4v) is 3.16. The number of aliphatic imine (C=N–C) groups is 2. The molecule has 34 heavy (non-hydrogen) atoms. The van der Waals surface area contributed by atoms with Crippen molar-refractivity contribution in [1.29, 1.82) is 0 Å². The second kappa shape index (κ2) is 20.9. The molecule has 0 aliphatic rings. The van der Waals surface area contributed by atoms with Crippen LogP contribution < -0.4 is 0 Å². The molecule has 0 atom stereocenters. The maximum absolute atomic E-state index is 4.76. The summed E-state index contributed by atoms with van der Waals surface area (Å²) >= 11 is 0. The van der Waals surface area contributed by atoms with Crippen LogP contribution in [0.25, 0.3) is 0 Å². The molecule has 3 rings (SSSR count). The summed E-state index contributed by atoms with van der Waals surface area (Å²) in [6.45, 7) is 8.47. The van der Waals surface area contributed by atoms with Gasteiger partial charge in [-0.25, -0.2) is 0 Å². The Morgan fingerprint density at radius 2 is 0.912 bits per heavy atom. The Morgan fingerprint density at radius 1 is 0.588 bits per heavy atom. The number of hydrogen-bond donors (Lipinski definition) is 0. The van der Waals surface area contributed by atoms with Crippen LogP contribution in [0.5, 0.6) is 0 Å². The van der Waals surface area contributed by atoms with Gasteiger partial charge in [0.1, 0.15) is 0 Å². The number of benzene rings is 1. The summed E-state index contributed by atoms with van der Waals surface area (Å²) in [5.74, 6) is 0. The molecule has 0 amide bonds. The Labute approximate surface area is 265 Å². The number of aromatic nitrogens is 2. The van der Waals surface area contributed by atoms with Gasteiger partial charge >= 0.3 is 0 Å². The summed E-state index contributed by atoms with van der Waals surface area (Å²) in [4.78, 5) is 18.2. The van der Waals surface area contributed by atoms with E-state index >= 15 is 0 Å². The molecule has 0 spiro atoms. The quantitative estimate of drug-likeness (QED) is 0.188. The van der Waals surface area contributed by atoms with E-state index < -0.39 is 0 Å². The number of pyridine rings is 2. The molecule has 0 aliphatic heterocycles. The van der Waals surface area contributed by atoms with E-state index in [-0.39, 0.29) is 101 Å². The van der Waals surface area contributed by atoms with Crippen molar-refractivity contribution in [2.75, 3.05) is 0 Å². The van der Waals surface area contributed by atoms with Gasteiger partial charge in [0, 0.05) is 82.0 Å². The largest absolute Gasteiger partial charge is 0.261 e. The second-order valence-electron chi connectivity index (χ2n) is 6.87. The van der Waals surface area contributed by atoms with Crippen LogP contribution in [0.4, 0.5) is 11.4 Å². The standard InChI is InChI=1S/C24H26N4.4BrH.2Ni/c1-17-18(2)24(28-16-12-22-10-6-8-14-26-22)20(4)19(3)23(17)27-15-11-21-9-5-7-13-25-21;;;;;;/h5-10,13-16H,11-12H2,1-4H3;4*1H;;. The first-order valence-electron chi connectivity index (χ1n) is 9.53. The fraction of sp³-hybridized carbons (Fsp3) is 0.250. The van der Waals surface area contributed by atoms with Gasteiger partial charge in [-0.3, -0.25) is 20.0 Å². The van der Waals surface area contributed by atoms with E-state index in [4.69, 9.17) is 9.98 Å². The molecule has 0 bridgehead atoms. The van der Waals surface area contributed by atoms with E-state index in [0.29, 0.717) is 0 Å². The van der Waals surface area contributed by atoms with Crippen molar-refractivity contribution in [3.63, 3.8) is 0 Å². The Morgan fingerprint density at radius 3 is 1.18 bits per heavy atom. The average molecular weight is 812 g/mol. The van der Waals surface area contributed by atoms with E-state index in [0.717, 1.165) is 35.6 Å². The van der Waals surface area contributed by atoms with Crippen LogP contribution in [0.1, 0.15) is 33.6 Å². The Bertz CT molecular complexity index is 907. The van der Waals surface area contributed by atoms with E-state index in [1.165, 1.54) is 22.3 Å². The summed E-state index contributed by atoms with van der Waals surface area (Å²) in [5, 5.41) is 0. The van der Waals surface area contributed by atoms with E-state index in [2.05, 4.69) is 37.7 Å². The molecule has 0 unspecified atom stereocenters. The third kappa shape index (κ3) is 11.2. The van der Waals surface area contributed by atoms with Gasteiger partial charge in [0.05, 0.1) is 11.4 Å². The normalized spacial score (nSPS) is 9.53. The molecular weight excluding hydrogens is 781 g/mol. The van der Waals surface area contributed by atoms with Crippen LogP contribution in [0.15, 0.2) is 58.8 Å². The summed E-state index contributed by atoms with van der Waals surface area (Å²) in [7, 11) is 0. The van der Waals surface area contributed by atoms with Gasteiger partial charge in [0.2, 0.25) is 0 Å². The van der Waals surface area contributed by atoms with E-state index in [1.807, 2.05) is 61.2 Å². The van der Waals surface area contributed by atoms with Crippen LogP contribution in [0.3, 0.4) is 0 Å². The molecule has 4 nitrogen and oxygen atoms in total. The van der Waals surface area contributed by atoms with Crippen LogP contribution >= 0.6 is 67.9 Å². The SMILES string of the molecule is Br.Br.Br.Br.Cc1c(C)c(N=CCc2ccccn2)c(C)c(C)c1N=CCc1ccccn1.[Ni].[Ni]. The van der Waals surface area contributed by atoms with Gasteiger partial charge in [-0.1, -0.05) is 12.1 Å². The smallest absolute Gasteiger partial charge is 0.0690 e. The predicted octanol–water partition coefficient (Wildman–Crippen LogP) is 7.91. The first-order chi connectivity index (χ1) is 13.6. The molecule has 0 saturated heterocycles. The van der Waals surface area contributed by atoms with Crippen molar-refractivity contribution in [2.45, 2.75) is 40.5 Å². The molecule has 194 valence electrons. The van der Waals surface area contributed by atoms with Crippen LogP contribution in [-0.2, 0) is 45.8 Å². The van der Waals surface area contributed by atoms with Crippen LogP contribution in [0.2, 0.25) is 0 Å². The van der Waals surface area contributed by atoms with Gasteiger partial charge in [0.25, 0.3) is 0 Å². The number of nitrogens with zero attached hydrogens (tertiary/aromatic N) is 4. The zero-order valence-electron chi connectivity index (χ0n) is 19.2. The van der Waals surface area contributed by atoms with Gasteiger partial charge in [0.15, 0.2) is 0 Å². The summed E-state index contributed by atoms with van der Waals surface area (Å²) in [6, 6.07) is 11.9. The van der Waals surface area contributed by atoms with Crippen molar-refractivity contribution in [2.24, 2.45) is 9.98 Å². The van der Waals surface area contributed by atoms with Crippen molar-refractivity contribution in [3.8, 4) is 0 Å². The summed E-state index contributed by atoms with van der Waals surface area (Å²) in [5.41, 5.74) is 8.80. The van der Waals surface area contributed by atoms with Crippen molar-refractivity contribution in [3.05, 3.63) is 82.4 Å². The van der Waals surface area contributed by atoms with E-state index in [1.54, 1.807) is 0 Å². The van der Waals surface area contributed by atoms with Crippen molar-refractivity contribution < 1.29 is 33.0 Å². The molecule has 10 heteroatoms. The first-order valence-corrected chi connectivity index (χ1v) is 9.53. The molecule has 1 aromatic carbocycles. The zero-order valence-corrected chi connectivity index (χ0v) is 28.1. The molecule has 0 aliphatic carbocycles. The van der Waals surface area contributed by atoms with E-state index in [9.17, 15) is 0 Å².